The van der Waals surface area contributed by atoms with Crippen molar-refractivity contribution < 1.29 is 27.5 Å². The lowest BCUT2D eigenvalue weighted by atomic mass is 10.2. The Labute approximate surface area is 166 Å². The minimum atomic E-state index is -1.93. The van der Waals surface area contributed by atoms with Gasteiger partial charge in [-0.15, -0.1) is 10.2 Å². The van der Waals surface area contributed by atoms with Crippen LogP contribution in [0, 0.1) is 5.82 Å². The summed E-state index contributed by atoms with van der Waals surface area (Å²) in [5.74, 6) is -0.775. The molecule has 0 spiro atoms. The molecule has 2 N–H and O–H groups in total. The Morgan fingerprint density at radius 2 is 2.29 bits per heavy atom. The molecule has 3 rings (SSSR count). The minimum absolute atomic E-state index is 0.0345. The third kappa shape index (κ3) is 4.88. The van der Waals surface area contributed by atoms with Crippen LogP contribution in [-0.4, -0.2) is 55.9 Å². The maximum Gasteiger partial charge on any atom is 0.414 e. The van der Waals surface area contributed by atoms with E-state index in [1.807, 2.05) is 0 Å². The molecular weight excluding hydrogens is 411 g/mol. The molecule has 28 heavy (non-hydrogen) atoms. The van der Waals surface area contributed by atoms with Crippen LogP contribution in [0.5, 0.6) is 0 Å². The number of hydrogen-bond acceptors (Lipinski definition) is 7. The summed E-state index contributed by atoms with van der Waals surface area (Å²) in [5, 5.41) is 11.3. The Bertz CT molecular complexity index is 922. The van der Waals surface area contributed by atoms with Crippen LogP contribution in [0.3, 0.4) is 0 Å². The zero-order valence-corrected chi connectivity index (χ0v) is 16.4. The van der Waals surface area contributed by atoms with E-state index in [0.29, 0.717) is 15.7 Å². The number of nitrogens with one attached hydrogen (secondary N) is 1. The zero-order chi connectivity index (χ0) is 20.3. The highest BCUT2D eigenvalue weighted by Crippen LogP contribution is 2.30. The second kappa shape index (κ2) is 8.71. The van der Waals surface area contributed by atoms with Crippen LogP contribution in [0.15, 0.2) is 18.2 Å². The average Bonchev–Trinajstić information content (AvgIpc) is 3.24. The van der Waals surface area contributed by atoms with Crippen LogP contribution in [0.25, 0.3) is 10.6 Å². The molecule has 1 aliphatic heterocycles. The zero-order valence-electron chi connectivity index (χ0n) is 14.8. The van der Waals surface area contributed by atoms with Gasteiger partial charge >= 0.3 is 6.09 Å². The molecule has 150 valence electrons. The number of cyclic esters (lactones) is 1. The minimum Gasteiger partial charge on any atom is -0.442 e. The Morgan fingerprint density at radius 3 is 2.96 bits per heavy atom. The molecule has 2 amide bonds. The molecule has 1 aromatic carbocycles. The molecule has 0 aliphatic carbocycles. The van der Waals surface area contributed by atoms with Gasteiger partial charge in [-0.3, -0.25) is 9.69 Å². The van der Waals surface area contributed by atoms with Gasteiger partial charge in [0.05, 0.1) is 24.5 Å². The van der Waals surface area contributed by atoms with Crippen molar-refractivity contribution in [3.63, 3.8) is 0 Å². The molecule has 1 aliphatic rings. The smallest absolute Gasteiger partial charge is 0.414 e. The summed E-state index contributed by atoms with van der Waals surface area (Å²) in [6.07, 6.45) is -0.852. The van der Waals surface area contributed by atoms with Gasteiger partial charge in [-0.05, 0) is 18.2 Å². The number of benzene rings is 1. The molecular formula is C16H17FN4O5S2. The van der Waals surface area contributed by atoms with E-state index < -0.39 is 29.1 Å². The van der Waals surface area contributed by atoms with Crippen molar-refractivity contribution >= 4 is 40.1 Å². The third-order valence-electron chi connectivity index (χ3n) is 3.90. The van der Waals surface area contributed by atoms with E-state index in [1.165, 1.54) is 24.0 Å². The lowest BCUT2D eigenvalue weighted by Crippen LogP contribution is -2.33. The molecule has 0 saturated carbocycles. The summed E-state index contributed by atoms with van der Waals surface area (Å²) in [7, 11) is 0. The molecule has 1 unspecified atom stereocenters. The van der Waals surface area contributed by atoms with E-state index in [1.54, 1.807) is 6.07 Å². The summed E-state index contributed by atoms with van der Waals surface area (Å²) in [6, 6.07) is 4.28. The highest BCUT2D eigenvalue weighted by molar-refractivity contribution is 7.79. The van der Waals surface area contributed by atoms with E-state index in [9.17, 15) is 18.2 Å². The van der Waals surface area contributed by atoms with E-state index in [0.717, 1.165) is 11.3 Å². The topological polar surface area (TPSA) is 122 Å². The number of carbonyl (C=O) groups excluding carboxylic acids is 2. The SMILES string of the molecule is CC(=O)NC[C@H]1CN(c2ccc(-c3nnc(CCS(=O)O)s3)c(F)c2)C(=O)O1. The molecule has 12 heteroatoms. The molecule has 0 bridgehead atoms. The first-order valence-electron chi connectivity index (χ1n) is 8.26. The van der Waals surface area contributed by atoms with E-state index in [2.05, 4.69) is 15.5 Å². The first-order valence-corrected chi connectivity index (χ1v) is 10.3. The van der Waals surface area contributed by atoms with Crippen molar-refractivity contribution in [1.82, 2.24) is 15.5 Å². The van der Waals surface area contributed by atoms with Crippen molar-refractivity contribution in [3.05, 3.63) is 29.0 Å². The van der Waals surface area contributed by atoms with Crippen LogP contribution in [-0.2, 0) is 27.0 Å². The third-order valence-corrected chi connectivity index (χ3v) is 5.47. The predicted octanol–water partition coefficient (Wildman–Crippen LogP) is 1.57. The summed E-state index contributed by atoms with van der Waals surface area (Å²) in [5.41, 5.74) is 0.553. The van der Waals surface area contributed by atoms with E-state index in [4.69, 9.17) is 9.29 Å². The fraction of sp³-hybridized carbons (Fsp3) is 0.375. The molecule has 1 saturated heterocycles. The molecule has 1 fully saturated rings. The summed E-state index contributed by atoms with van der Waals surface area (Å²) in [6.45, 7) is 1.74. The Kier molecular flexibility index (Phi) is 6.31. The number of aromatic nitrogens is 2. The van der Waals surface area contributed by atoms with Crippen LogP contribution in [0.1, 0.15) is 11.9 Å². The van der Waals surface area contributed by atoms with Gasteiger partial charge in [0.2, 0.25) is 5.91 Å². The Morgan fingerprint density at radius 1 is 1.50 bits per heavy atom. The summed E-state index contributed by atoms with van der Waals surface area (Å²) < 4.78 is 39.3. The maximum absolute atomic E-state index is 14.6. The van der Waals surface area contributed by atoms with Gasteiger partial charge in [0.25, 0.3) is 0 Å². The number of amides is 2. The Hall–Kier alpha value is -2.44. The number of aryl methyl sites for hydroxylation is 1. The number of anilines is 1. The van der Waals surface area contributed by atoms with Gasteiger partial charge < -0.3 is 14.6 Å². The van der Waals surface area contributed by atoms with Crippen molar-refractivity contribution in [2.75, 3.05) is 23.7 Å². The molecule has 0 radical (unpaired) electrons. The van der Waals surface area contributed by atoms with Gasteiger partial charge in [-0.1, -0.05) is 11.3 Å². The number of ether oxygens (including phenoxy) is 1. The first kappa shape index (κ1) is 20.3. The van der Waals surface area contributed by atoms with Crippen molar-refractivity contribution in [1.29, 1.82) is 0 Å². The summed E-state index contributed by atoms with van der Waals surface area (Å²) in [4.78, 5) is 24.3. The lowest BCUT2D eigenvalue weighted by molar-refractivity contribution is -0.119. The van der Waals surface area contributed by atoms with Crippen LogP contribution < -0.4 is 10.2 Å². The van der Waals surface area contributed by atoms with Crippen LogP contribution >= 0.6 is 11.3 Å². The number of nitrogens with zero attached hydrogens (tertiary/aromatic N) is 3. The first-order chi connectivity index (χ1) is 13.3. The predicted molar refractivity (Wildman–Crippen MR) is 101 cm³/mol. The van der Waals surface area contributed by atoms with Gasteiger partial charge in [0.1, 0.15) is 16.9 Å². The monoisotopic (exact) mass is 428 g/mol. The number of hydrogen-bond donors (Lipinski definition) is 2. The van der Waals surface area contributed by atoms with E-state index >= 15 is 0 Å². The molecule has 2 aromatic rings. The van der Waals surface area contributed by atoms with Gasteiger partial charge in [-0.2, -0.15) is 0 Å². The van der Waals surface area contributed by atoms with Crippen molar-refractivity contribution in [2.24, 2.45) is 0 Å². The Balaban J connectivity index is 1.71. The van der Waals surface area contributed by atoms with Crippen LogP contribution in [0.4, 0.5) is 14.9 Å². The standard InChI is InChI=1S/C16H17FN4O5S2/c1-9(22)18-7-11-8-21(16(23)26-11)10-2-3-12(13(17)6-10)15-20-19-14(27-15)4-5-28(24)25/h2-3,6,11H,4-5,7-8H2,1H3,(H,18,22)(H,24,25)/t11-/m0/s1. The molecule has 2 atom stereocenters. The lowest BCUT2D eigenvalue weighted by Gasteiger charge is -2.14. The number of halogens is 1. The molecule has 2 heterocycles. The number of carbonyl (C=O) groups is 2. The van der Waals surface area contributed by atoms with Crippen molar-refractivity contribution in [3.8, 4) is 10.6 Å². The van der Waals surface area contributed by atoms with Gasteiger partial charge in [0.15, 0.2) is 16.1 Å². The fourth-order valence-corrected chi connectivity index (χ4v) is 3.94. The van der Waals surface area contributed by atoms with Crippen LogP contribution in [0.2, 0.25) is 0 Å². The van der Waals surface area contributed by atoms with Crippen molar-refractivity contribution in [2.45, 2.75) is 19.4 Å². The number of rotatable bonds is 7. The highest BCUT2D eigenvalue weighted by Gasteiger charge is 2.32. The van der Waals surface area contributed by atoms with E-state index in [-0.39, 0.29) is 36.7 Å². The second-order valence-corrected chi connectivity index (χ2v) is 8.11. The van der Waals surface area contributed by atoms with Gasteiger partial charge in [0, 0.05) is 18.9 Å². The molecule has 9 nitrogen and oxygen atoms in total. The highest BCUT2D eigenvalue weighted by atomic mass is 32.2. The van der Waals surface area contributed by atoms with Gasteiger partial charge in [-0.25, -0.2) is 13.4 Å². The largest absolute Gasteiger partial charge is 0.442 e. The normalized spacial score (nSPS) is 17.5. The summed E-state index contributed by atoms with van der Waals surface area (Å²) >= 11 is -0.792. The quantitative estimate of drug-likeness (QED) is 0.642. The maximum atomic E-state index is 14.6. The fourth-order valence-electron chi connectivity index (χ4n) is 2.58. The second-order valence-electron chi connectivity index (χ2n) is 5.99. The average molecular weight is 428 g/mol. The molecule has 1 aromatic heterocycles.